The molecule has 1 spiro atoms. The first-order valence-corrected chi connectivity index (χ1v) is 11.5. The highest BCUT2D eigenvalue weighted by Crippen LogP contribution is 2.38. The molecular weight excluding hydrogens is 540 g/mol. The summed E-state index contributed by atoms with van der Waals surface area (Å²) >= 11 is 0. The van der Waals surface area contributed by atoms with Gasteiger partial charge in [0.25, 0.3) is 0 Å². The summed E-state index contributed by atoms with van der Waals surface area (Å²) in [4.78, 5) is 35.4. The highest BCUT2D eigenvalue weighted by molar-refractivity contribution is 5.73. The molecule has 1 atom stereocenters. The number of carbonyl (C=O) groups is 2. The van der Waals surface area contributed by atoms with Crippen molar-refractivity contribution >= 4 is 17.9 Å². The van der Waals surface area contributed by atoms with Crippen LogP contribution in [0.2, 0.25) is 0 Å². The molecule has 4 heterocycles. The summed E-state index contributed by atoms with van der Waals surface area (Å²) < 4.78 is 69.8. The number of pyridine rings is 1. The van der Waals surface area contributed by atoms with Gasteiger partial charge in [0.15, 0.2) is 0 Å². The molecule has 0 radical (unpaired) electrons. The van der Waals surface area contributed by atoms with E-state index in [1.54, 1.807) is 0 Å². The summed E-state index contributed by atoms with van der Waals surface area (Å²) in [6.07, 6.45) is 0.407. The lowest BCUT2D eigenvalue weighted by Gasteiger charge is -2.38. The molecule has 10 nitrogen and oxygen atoms in total. The number of rotatable bonds is 4. The normalized spacial score (nSPS) is 18.6. The highest BCUT2D eigenvalue weighted by Gasteiger charge is 2.44. The van der Waals surface area contributed by atoms with Gasteiger partial charge < -0.3 is 19.8 Å². The number of anilines is 1. The van der Waals surface area contributed by atoms with Crippen LogP contribution in [0.5, 0.6) is 0 Å². The Labute approximate surface area is 219 Å². The molecule has 0 aromatic carbocycles. The van der Waals surface area contributed by atoms with Crippen molar-refractivity contribution in [2.24, 2.45) is 0 Å². The van der Waals surface area contributed by atoms with E-state index in [0.717, 1.165) is 51.5 Å². The van der Waals surface area contributed by atoms with Crippen LogP contribution in [0.1, 0.15) is 24.8 Å². The minimum atomic E-state index is -5.08. The predicted molar refractivity (Wildman–Crippen MR) is 124 cm³/mol. The monoisotopic (exact) mass is 567 g/mol. The summed E-state index contributed by atoms with van der Waals surface area (Å²) in [5, 5.41) is 14.2. The van der Waals surface area contributed by atoms with Gasteiger partial charge in [-0.25, -0.2) is 19.6 Å². The molecular formula is C23H27F6N5O5. The van der Waals surface area contributed by atoms with Crippen molar-refractivity contribution in [1.82, 2.24) is 19.9 Å². The number of nitrogens with zero attached hydrogens (tertiary/aromatic N) is 5. The summed E-state index contributed by atoms with van der Waals surface area (Å²) in [7, 11) is 2.19. The molecule has 16 heteroatoms. The second-order valence-corrected chi connectivity index (χ2v) is 8.77. The number of hydrogen-bond acceptors (Lipinski definition) is 8. The van der Waals surface area contributed by atoms with Crippen molar-refractivity contribution in [3.05, 3.63) is 48.5 Å². The van der Waals surface area contributed by atoms with E-state index in [4.69, 9.17) is 24.5 Å². The number of aromatic nitrogens is 3. The first kappa shape index (κ1) is 31.7. The number of halogens is 6. The SMILES string of the molecule is CN(Cc1cccnc1)C1COC2(CCN(c3ncccn3)CC2)C1.O=C(O)C(F)(F)F.O=C(O)C(F)(F)F. The molecule has 2 fully saturated rings. The van der Waals surface area contributed by atoms with Crippen LogP contribution < -0.4 is 4.90 Å². The van der Waals surface area contributed by atoms with Gasteiger partial charge in [-0.2, -0.15) is 26.3 Å². The van der Waals surface area contributed by atoms with E-state index >= 15 is 0 Å². The molecule has 2 aliphatic rings. The Balaban J connectivity index is 0.000000317. The fraction of sp³-hybridized carbons (Fsp3) is 0.522. The van der Waals surface area contributed by atoms with Crippen molar-refractivity contribution in [2.75, 3.05) is 31.6 Å². The Morgan fingerprint density at radius 1 is 1.03 bits per heavy atom. The summed E-state index contributed by atoms with van der Waals surface area (Å²) in [6.45, 7) is 3.66. The fourth-order valence-corrected chi connectivity index (χ4v) is 3.93. The maximum absolute atomic E-state index is 10.6. The number of alkyl halides is 6. The molecule has 2 aromatic heterocycles. The molecule has 2 aliphatic heterocycles. The van der Waals surface area contributed by atoms with Crippen LogP contribution in [0.4, 0.5) is 32.3 Å². The van der Waals surface area contributed by atoms with Gasteiger partial charge in [-0.1, -0.05) is 6.07 Å². The van der Waals surface area contributed by atoms with Gasteiger partial charge in [0.2, 0.25) is 5.95 Å². The fourth-order valence-electron chi connectivity index (χ4n) is 3.93. The van der Waals surface area contributed by atoms with E-state index < -0.39 is 24.3 Å². The first-order valence-electron chi connectivity index (χ1n) is 11.5. The number of hydrogen-bond donors (Lipinski definition) is 2. The standard InChI is InChI=1S/C19H25N5O.2C2HF3O2/c1-23(14-16-4-2-7-20-13-16)17-12-19(25-15-17)5-10-24(11-6-19)18-21-8-3-9-22-18;2*3-2(4,5)1(6)7/h2-4,7-9,13,17H,5-6,10-12,14-15H2,1H3;2*(H,6,7). The third-order valence-electron chi connectivity index (χ3n) is 5.96. The molecule has 1 unspecified atom stereocenters. The Morgan fingerprint density at radius 3 is 2.03 bits per heavy atom. The Bertz CT molecular complexity index is 1030. The Morgan fingerprint density at radius 2 is 1.56 bits per heavy atom. The zero-order valence-electron chi connectivity index (χ0n) is 20.7. The van der Waals surface area contributed by atoms with Gasteiger partial charge in [0.1, 0.15) is 0 Å². The van der Waals surface area contributed by atoms with Crippen molar-refractivity contribution in [1.29, 1.82) is 0 Å². The number of aliphatic carboxylic acids is 2. The van der Waals surface area contributed by atoms with Gasteiger partial charge in [-0.05, 0) is 44.0 Å². The van der Waals surface area contributed by atoms with Crippen molar-refractivity contribution in [3.63, 3.8) is 0 Å². The second kappa shape index (κ2) is 13.5. The largest absolute Gasteiger partial charge is 0.490 e. The van der Waals surface area contributed by atoms with Crippen LogP contribution in [-0.2, 0) is 20.9 Å². The van der Waals surface area contributed by atoms with Crippen LogP contribution in [0.25, 0.3) is 0 Å². The van der Waals surface area contributed by atoms with Gasteiger partial charge in [-0.15, -0.1) is 0 Å². The average molecular weight is 567 g/mol. The van der Waals surface area contributed by atoms with Gasteiger partial charge in [0, 0.05) is 50.5 Å². The number of carboxylic acids is 2. The second-order valence-electron chi connectivity index (χ2n) is 8.77. The maximum atomic E-state index is 10.6. The molecule has 2 saturated heterocycles. The molecule has 2 N–H and O–H groups in total. The number of likely N-dealkylation sites (N-methyl/N-ethyl adjacent to an activating group) is 1. The molecule has 0 amide bonds. The maximum Gasteiger partial charge on any atom is 0.490 e. The van der Waals surface area contributed by atoms with Crippen LogP contribution in [-0.4, -0.2) is 92.7 Å². The number of ether oxygens (including phenoxy) is 1. The van der Waals surface area contributed by atoms with Crippen molar-refractivity contribution in [2.45, 2.75) is 49.8 Å². The summed E-state index contributed by atoms with van der Waals surface area (Å²) in [5.74, 6) is -4.68. The molecule has 0 saturated carbocycles. The molecule has 0 bridgehead atoms. The average Bonchev–Trinajstić information content (AvgIpc) is 3.29. The summed E-state index contributed by atoms with van der Waals surface area (Å²) in [6, 6.07) is 6.46. The third-order valence-corrected chi connectivity index (χ3v) is 5.96. The van der Waals surface area contributed by atoms with E-state index in [1.807, 2.05) is 36.9 Å². The Kier molecular flexibility index (Phi) is 11.0. The minimum absolute atomic E-state index is 0.0269. The smallest absolute Gasteiger partial charge is 0.475 e. The van der Waals surface area contributed by atoms with Crippen LogP contribution >= 0.6 is 0 Å². The van der Waals surface area contributed by atoms with Crippen molar-refractivity contribution in [3.8, 4) is 0 Å². The van der Waals surface area contributed by atoms with Crippen LogP contribution in [0, 0.1) is 0 Å². The molecule has 39 heavy (non-hydrogen) atoms. The predicted octanol–water partition coefficient (Wildman–Crippen LogP) is 3.40. The summed E-state index contributed by atoms with van der Waals surface area (Å²) in [5.41, 5.74) is 1.28. The van der Waals surface area contributed by atoms with E-state index in [-0.39, 0.29) is 5.60 Å². The molecule has 0 aliphatic carbocycles. The molecule has 2 aromatic rings. The Hall–Kier alpha value is -3.53. The third kappa shape index (κ3) is 10.3. The lowest BCUT2D eigenvalue weighted by molar-refractivity contribution is -0.193. The van der Waals surface area contributed by atoms with E-state index in [2.05, 4.69) is 37.9 Å². The van der Waals surface area contributed by atoms with Crippen LogP contribution in [0.3, 0.4) is 0 Å². The van der Waals surface area contributed by atoms with E-state index in [1.165, 1.54) is 5.56 Å². The lowest BCUT2D eigenvalue weighted by atomic mass is 9.87. The van der Waals surface area contributed by atoms with Crippen LogP contribution in [0.15, 0.2) is 43.0 Å². The highest BCUT2D eigenvalue weighted by atomic mass is 19.4. The zero-order valence-corrected chi connectivity index (χ0v) is 20.7. The van der Waals surface area contributed by atoms with E-state index in [0.29, 0.717) is 6.04 Å². The van der Waals surface area contributed by atoms with E-state index in [9.17, 15) is 26.3 Å². The van der Waals surface area contributed by atoms with Gasteiger partial charge in [-0.3, -0.25) is 9.88 Å². The molecule has 4 rings (SSSR count). The quantitative estimate of drug-likeness (QED) is 0.531. The zero-order chi connectivity index (χ0) is 29.3. The number of piperidine rings is 1. The van der Waals surface area contributed by atoms with Gasteiger partial charge >= 0.3 is 24.3 Å². The van der Waals surface area contributed by atoms with Gasteiger partial charge in [0.05, 0.1) is 12.2 Å². The topological polar surface area (TPSA) is 129 Å². The minimum Gasteiger partial charge on any atom is -0.475 e. The van der Waals surface area contributed by atoms with Crippen molar-refractivity contribution < 1.29 is 50.9 Å². The number of carboxylic acid groups (broad SMARTS) is 2. The first-order chi connectivity index (χ1) is 18.1. The lowest BCUT2D eigenvalue weighted by Crippen LogP contribution is -2.45. The molecule has 216 valence electrons.